The number of rotatable bonds is 1. The van der Waals surface area contributed by atoms with Crippen LogP contribution in [0.15, 0.2) is 78.9 Å². The molecule has 0 N–H and O–H groups in total. The molecule has 0 radical (unpaired) electrons. The molecule has 0 amide bonds. The third kappa shape index (κ3) is 2.23. The van der Waals surface area contributed by atoms with Gasteiger partial charge in [-0.15, -0.1) is 0 Å². The Bertz CT molecular complexity index is 1320. The minimum Gasteiger partial charge on any atom is -0.427 e. The first-order chi connectivity index (χ1) is 12.7. The number of carbonyl (C=O) groups excluding carboxylic acids is 1. The van der Waals surface area contributed by atoms with Crippen LogP contribution in [0.5, 0.6) is 5.75 Å². The van der Waals surface area contributed by atoms with E-state index >= 15 is 0 Å². The molecule has 0 spiro atoms. The van der Waals surface area contributed by atoms with E-state index in [4.69, 9.17) is 4.74 Å². The van der Waals surface area contributed by atoms with Crippen LogP contribution in [0.2, 0.25) is 0 Å². The van der Waals surface area contributed by atoms with Crippen molar-refractivity contribution < 1.29 is 9.53 Å². The van der Waals surface area contributed by atoms with Crippen LogP contribution in [-0.2, 0) is 4.79 Å². The van der Waals surface area contributed by atoms with E-state index in [0.29, 0.717) is 5.75 Å². The Morgan fingerprint density at radius 3 is 1.88 bits per heavy atom. The summed E-state index contributed by atoms with van der Waals surface area (Å²) in [5.74, 6) is 0.273. The Labute approximate surface area is 150 Å². The van der Waals surface area contributed by atoms with Crippen molar-refractivity contribution in [1.29, 1.82) is 0 Å². The highest BCUT2D eigenvalue weighted by atomic mass is 16.5. The van der Waals surface area contributed by atoms with Crippen LogP contribution in [0, 0.1) is 0 Å². The van der Waals surface area contributed by atoms with Gasteiger partial charge in [-0.25, -0.2) is 0 Å². The monoisotopic (exact) mass is 336 g/mol. The lowest BCUT2D eigenvalue weighted by atomic mass is 9.93. The lowest BCUT2D eigenvalue weighted by molar-refractivity contribution is -0.131. The SMILES string of the molecule is CC(=O)Oc1ccc2ccc3ccc4ccc5ccccc5c4c3c2c1. The first kappa shape index (κ1) is 14.9. The molecule has 5 rings (SSSR count). The number of benzene rings is 5. The van der Waals surface area contributed by atoms with E-state index in [1.54, 1.807) is 0 Å². The number of ether oxygens (including phenoxy) is 1. The summed E-state index contributed by atoms with van der Waals surface area (Å²) in [6, 6.07) is 27.2. The second kappa shape index (κ2) is 5.57. The maximum atomic E-state index is 11.4. The van der Waals surface area contributed by atoms with Gasteiger partial charge < -0.3 is 4.74 Å². The zero-order valence-electron chi connectivity index (χ0n) is 14.3. The Morgan fingerprint density at radius 1 is 0.654 bits per heavy atom. The van der Waals surface area contributed by atoms with Gasteiger partial charge in [0, 0.05) is 6.92 Å². The molecular formula is C24H16O2. The molecule has 0 saturated carbocycles. The van der Waals surface area contributed by atoms with Gasteiger partial charge in [-0.2, -0.15) is 0 Å². The molecule has 2 heteroatoms. The van der Waals surface area contributed by atoms with Crippen LogP contribution >= 0.6 is 0 Å². The standard InChI is InChI=1S/C24H16O2/c1-15(25)26-20-13-12-17-7-9-19-11-10-18-8-6-16-4-2-3-5-21(16)23(18)24(19)22(17)14-20/h2-14H,1H3. The lowest BCUT2D eigenvalue weighted by Crippen LogP contribution is -2.00. The molecule has 0 bridgehead atoms. The molecule has 0 unspecified atom stereocenters. The first-order valence-electron chi connectivity index (χ1n) is 8.66. The van der Waals surface area contributed by atoms with Gasteiger partial charge in [0.25, 0.3) is 0 Å². The molecular weight excluding hydrogens is 320 g/mol. The lowest BCUT2D eigenvalue weighted by Gasteiger charge is -2.12. The van der Waals surface area contributed by atoms with Crippen LogP contribution in [0.1, 0.15) is 6.92 Å². The molecule has 0 saturated heterocycles. The van der Waals surface area contributed by atoms with Crippen molar-refractivity contribution in [2.45, 2.75) is 6.92 Å². The third-order valence-corrected chi connectivity index (χ3v) is 4.94. The molecule has 5 aromatic carbocycles. The first-order valence-corrected chi connectivity index (χ1v) is 8.66. The number of fused-ring (bicyclic) bond motifs is 7. The number of esters is 1. The molecule has 0 aliphatic carbocycles. The van der Waals surface area contributed by atoms with Crippen LogP contribution in [0.25, 0.3) is 43.1 Å². The number of carbonyl (C=O) groups is 1. The molecule has 0 aliphatic heterocycles. The van der Waals surface area contributed by atoms with E-state index in [1.807, 2.05) is 18.2 Å². The van der Waals surface area contributed by atoms with Crippen molar-refractivity contribution >= 4 is 49.1 Å². The fraction of sp³-hybridized carbons (Fsp3) is 0.0417. The van der Waals surface area contributed by atoms with Crippen molar-refractivity contribution in [2.24, 2.45) is 0 Å². The number of hydrogen-bond acceptors (Lipinski definition) is 2. The molecule has 0 fully saturated rings. The van der Waals surface area contributed by atoms with E-state index in [0.717, 1.165) is 10.8 Å². The topological polar surface area (TPSA) is 26.3 Å². The predicted octanol–water partition coefficient (Wildman–Crippen LogP) is 6.22. The fourth-order valence-corrected chi connectivity index (χ4v) is 3.85. The average molecular weight is 336 g/mol. The summed E-state index contributed by atoms with van der Waals surface area (Å²) in [5.41, 5.74) is 0. The maximum Gasteiger partial charge on any atom is 0.308 e. The van der Waals surface area contributed by atoms with Gasteiger partial charge in [-0.1, -0.05) is 66.7 Å². The van der Waals surface area contributed by atoms with E-state index in [2.05, 4.69) is 60.7 Å². The predicted molar refractivity (Wildman–Crippen MR) is 108 cm³/mol. The van der Waals surface area contributed by atoms with Crippen LogP contribution < -0.4 is 4.74 Å². The Hall–Kier alpha value is -3.39. The quantitative estimate of drug-likeness (QED) is 0.206. The molecule has 26 heavy (non-hydrogen) atoms. The zero-order chi connectivity index (χ0) is 17.7. The minimum atomic E-state index is -0.306. The smallest absolute Gasteiger partial charge is 0.308 e. The van der Waals surface area contributed by atoms with Crippen molar-refractivity contribution in [2.75, 3.05) is 0 Å². The van der Waals surface area contributed by atoms with Gasteiger partial charge in [0.05, 0.1) is 0 Å². The van der Waals surface area contributed by atoms with Crippen molar-refractivity contribution in [3.63, 3.8) is 0 Å². The van der Waals surface area contributed by atoms with Gasteiger partial charge in [0.2, 0.25) is 0 Å². The second-order valence-electron chi connectivity index (χ2n) is 6.59. The van der Waals surface area contributed by atoms with Gasteiger partial charge in [-0.3, -0.25) is 4.79 Å². The summed E-state index contributed by atoms with van der Waals surface area (Å²) in [4.78, 5) is 11.4. The Balaban J connectivity index is 2.01. The summed E-state index contributed by atoms with van der Waals surface area (Å²) in [7, 11) is 0. The highest BCUT2D eigenvalue weighted by molar-refractivity contribution is 6.27. The van der Waals surface area contributed by atoms with Crippen LogP contribution in [0.3, 0.4) is 0 Å². The maximum absolute atomic E-state index is 11.4. The van der Waals surface area contributed by atoms with Crippen LogP contribution in [0.4, 0.5) is 0 Å². The van der Waals surface area contributed by atoms with E-state index in [1.165, 1.54) is 39.2 Å². The second-order valence-corrected chi connectivity index (χ2v) is 6.59. The van der Waals surface area contributed by atoms with E-state index in [9.17, 15) is 4.79 Å². The molecule has 0 atom stereocenters. The molecule has 2 nitrogen and oxygen atoms in total. The van der Waals surface area contributed by atoms with Crippen molar-refractivity contribution in [3.8, 4) is 5.75 Å². The summed E-state index contributed by atoms with van der Waals surface area (Å²) in [6.07, 6.45) is 0. The van der Waals surface area contributed by atoms with Gasteiger partial charge in [-0.05, 0) is 55.2 Å². The minimum absolute atomic E-state index is 0.306. The highest BCUT2D eigenvalue weighted by Gasteiger charge is 2.10. The van der Waals surface area contributed by atoms with Crippen molar-refractivity contribution in [3.05, 3.63) is 78.9 Å². The van der Waals surface area contributed by atoms with Crippen LogP contribution in [-0.4, -0.2) is 5.97 Å². The molecule has 124 valence electrons. The summed E-state index contributed by atoms with van der Waals surface area (Å²) in [5, 5.41) is 9.53. The van der Waals surface area contributed by atoms with Gasteiger partial charge in [0.15, 0.2) is 0 Å². The molecule has 0 aromatic heterocycles. The Morgan fingerprint density at radius 2 is 1.19 bits per heavy atom. The molecule has 0 heterocycles. The summed E-state index contributed by atoms with van der Waals surface area (Å²) in [6.45, 7) is 1.43. The Kier molecular flexibility index (Phi) is 3.19. The number of hydrogen-bond donors (Lipinski definition) is 0. The molecule has 0 aliphatic rings. The highest BCUT2D eigenvalue weighted by Crippen LogP contribution is 2.37. The largest absolute Gasteiger partial charge is 0.427 e. The van der Waals surface area contributed by atoms with E-state index in [-0.39, 0.29) is 5.97 Å². The fourth-order valence-electron chi connectivity index (χ4n) is 3.85. The van der Waals surface area contributed by atoms with Gasteiger partial charge >= 0.3 is 5.97 Å². The summed E-state index contributed by atoms with van der Waals surface area (Å²) < 4.78 is 5.33. The van der Waals surface area contributed by atoms with E-state index < -0.39 is 0 Å². The zero-order valence-corrected chi connectivity index (χ0v) is 14.3. The molecule has 5 aromatic rings. The summed E-state index contributed by atoms with van der Waals surface area (Å²) >= 11 is 0. The van der Waals surface area contributed by atoms with Crippen molar-refractivity contribution in [1.82, 2.24) is 0 Å². The normalized spacial score (nSPS) is 11.4. The third-order valence-electron chi connectivity index (χ3n) is 4.94. The van der Waals surface area contributed by atoms with Gasteiger partial charge in [0.1, 0.15) is 5.75 Å². The average Bonchev–Trinajstić information content (AvgIpc) is 2.66.